The molecule has 2 aliphatic carbocycles. The molecule has 2 N–H and O–H groups in total. The minimum atomic E-state index is -0.626. The molecule has 0 aromatic rings. The Labute approximate surface area is 211 Å². The summed E-state index contributed by atoms with van der Waals surface area (Å²) in [6.45, 7) is 29.3. The van der Waals surface area contributed by atoms with Crippen LogP contribution < -0.4 is 0 Å². The lowest BCUT2D eigenvalue weighted by atomic mass is 9.42. The normalized spacial score (nSPS) is 31.9. The Kier molecular flexibility index (Phi) is 7.77. The number of allylic oxidation sites excluding steroid dienone is 4. The highest BCUT2D eigenvalue weighted by atomic mass is 16.3. The largest absolute Gasteiger partial charge is 0.388 e. The quantitative estimate of drug-likeness (QED) is 0.434. The van der Waals surface area contributed by atoms with Gasteiger partial charge in [0.2, 0.25) is 0 Å². The van der Waals surface area contributed by atoms with Gasteiger partial charge < -0.3 is 10.2 Å². The Morgan fingerprint density at radius 3 is 1.24 bits per heavy atom. The van der Waals surface area contributed by atoms with Crippen LogP contribution in [0.3, 0.4) is 0 Å². The SMILES string of the molecule is CCCC(C1(C(C)(C)C)C=C(C(C)(C)C)C=CC1O)C1(C(C)(C)C)C=C(C(C)(C)C)C=CC1O. The molecule has 0 bridgehead atoms. The summed E-state index contributed by atoms with van der Waals surface area (Å²) in [5.41, 5.74) is 0.910. The second-order valence-electron chi connectivity index (χ2n) is 15.0. The van der Waals surface area contributed by atoms with Crippen LogP contribution in [-0.4, -0.2) is 22.4 Å². The van der Waals surface area contributed by atoms with E-state index in [0.717, 1.165) is 12.8 Å². The second-order valence-corrected chi connectivity index (χ2v) is 15.0. The number of hydrogen-bond donors (Lipinski definition) is 2. The van der Waals surface area contributed by atoms with Crippen molar-refractivity contribution in [1.29, 1.82) is 0 Å². The Morgan fingerprint density at radius 1 is 0.676 bits per heavy atom. The van der Waals surface area contributed by atoms with E-state index in [0.29, 0.717) is 0 Å². The molecule has 0 aromatic carbocycles. The molecule has 34 heavy (non-hydrogen) atoms. The molecule has 0 aromatic heterocycles. The van der Waals surface area contributed by atoms with E-state index in [2.05, 4.69) is 114 Å². The summed E-state index contributed by atoms with van der Waals surface area (Å²) in [5, 5.41) is 23.8. The van der Waals surface area contributed by atoms with Crippen molar-refractivity contribution in [2.45, 2.75) is 115 Å². The maximum Gasteiger partial charge on any atom is 0.0822 e. The van der Waals surface area contributed by atoms with Gasteiger partial charge in [0, 0.05) is 10.8 Å². The number of aliphatic hydroxyl groups excluding tert-OH is 2. The maximum absolute atomic E-state index is 11.9. The van der Waals surface area contributed by atoms with Crippen molar-refractivity contribution in [3.8, 4) is 0 Å². The molecule has 2 nitrogen and oxygen atoms in total. The third kappa shape index (κ3) is 4.79. The zero-order valence-corrected chi connectivity index (χ0v) is 24.5. The van der Waals surface area contributed by atoms with Crippen LogP contribution >= 0.6 is 0 Å². The highest BCUT2D eigenvalue weighted by Crippen LogP contribution is 2.65. The van der Waals surface area contributed by atoms with Crippen LogP contribution in [0.5, 0.6) is 0 Å². The molecule has 2 rings (SSSR count). The molecule has 0 amide bonds. The third-order valence-electron chi connectivity index (χ3n) is 8.74. The van der Waals surface area contributed by atoms with E-state index in [9.17, 15) is 10.2 Å². The van der Waals surface area contributed by atoms with Gasteiger partial charge in [-0.3, -0.25) is 0 Å². The molecule has 0 saturated heterocycles. The maximum atomic E-state index is 11.9. The predicted molar refractivity (Wildman–Crippen MR) is 148 cm³/mol. The first-order chi connectivity index (χ1) is 15.2. The van der Waals surface area contributed by atoms with E-state index in [1.54, 1.807) is 0 Å². The topological polar surface area (TPSA) is 40.5 Å². The van der Waals surface area contributed by atoms with Crippen molar-refractivity contribution in [2.75, 3.05) is 0 Å². The summed E-state index contributed by atoms with van der Waals surface area (Å²) in [4.78, 5) is 0. The van der Waals surface area contributed by atoms with E-state index in [1.165, 1.54) is 11.1 Å². The van der Waals surface area contributed by atoms with Crippen molar-refractivity contribution >= 4 is 0 Å². The zero-order valence-electron chi connectivity index (χ0n) is 24.5. The molecule has 4 atom stereocenters. The Bertz CT molecular complexity index is 787. The van der Waals surface area contributed by atoms with Gasteiger partial charge in [-0.1, -0.05) is 133 Å². The van der Waals surface area contributed by atoms with Gasteiger partial charge >= 0.3 is 0 Å². The van der Waals surface area contributed by atoms with E-state index < -0.39 is 23.0 Å². The van der Waals surface area contributed by atoms with Gasteiger partial charge in [0.25, 0.3) is 0 Å². The molecule has 0 saturated carbocycles. The number of hydrogen-bond acceptors (Lipinski definition) is 2. The van der Waals surface area contributed by atoms with Gasteiger partial charge in [-0.15, -0.1) is 0 Å². The lowest BCUT2D eigenvalue weighted by Crippen LogP contribution is -2.62. The summed E-state index contributed by atoms with van der Waals surface area (Å²) >= 11 is 0. The monoisotopic (exact) mass is 470 g/mol. The second kappa shape index (κ2) is 9.07. The molecule has 2 heteroatoms. The fourth-order valence-electron chi connectivity index (χ4n) is 6.56. The lowest BCUT2D eigenvalue weighted by molar-refractivity contribution is -0.140. The molecule has 4 unspecified atom stereocenters. The highest BCUT2D eigenvalue weighted by molar-refractivity contribution is 5.41. The molecule has 0 spiro atoms. The molecular weight excluding hydrogens is 416 g/mol. The van der Waals surface area contributed by atoms with Crippen LogP contribution in [0.4, 0.5) is 0 Å². The van der Waals surface area contributed by atoms with E-state index in [-0.39, 0.29) is 27.6 Å². The van der Waals surface area contributed by atoms with Crippen LogP contribution in [0.25, 0.3) is 0 Å². The van der Waals surface area contributed by atoms with Gasteiger partial charge in [-0.2, -0.15) is 0 Å². The summed E-state index contributed by atoms with van der Waals surface area (Å²) < 4.78 is 0. The van der Waals surface area contributed by atoms with E-state index in [1.807, 2.05) is 12.2 Å². The average Bonchev–Trinajstić information content (AvgIpc) is 2.63. The molecule has 194 valence electrons. The van der Waals surface area contributed by atoms with Gasteiger partial charge in [-0.05, 0) is 45.1 Å². The van der Waals surface area contributed by atoms with Crippen LogP contribution in [-0.2, 0) is 0 Å². The fourth-order valence-corrected chi connectivity index (χ4v) is 6.56. The van der Waals surface area contributed by atoms with Crippen molar-refractivity contribution in [2.24, 2.45) is 38.4 Å². The Balaban J connectivity index is 3.05. The molecule has 2 aliphatic rings. The third-order valence-corrected chi connectivity index (χ3v) is 8.74. The van der Waals surface area contributed by atoms with Gasteiger partial charge in [0.15, 0.2) is 0 Å². The summed E-state index contributed by atoms with van der Waals surface area (Å²) in [5.74, 6) is 0.0274. The van der Waals surface area contributed by atoms with Crippen LogP contribution in [0, 0.1) is 38.4 Å². The fraction of sp³-hybridized carbons (Fsp3) is 0.750. The lowest BCUT2D eigenvalue weighted by Gasteiger charge is -2.63. The summed E-state index contributed by atoms with van der Waals surface area (Å²) in [7, 11) is 0. The molecule has 0 aliphatic heterocycles. The minimum Gasteiger partial charge on any atom is -0.388 e. The standard InChI is InChI=1S/C32H54O2/c1-14-15-24(31(29(8,9)10)20-22(27(2,3)4)16-18-25(31)33)32(30(11,12)13)21-23(28(5,6)7)17-19-26(32)34/h16-21,24-26,33-34H,14-15H2,1-13H3. The van der Waals surface area contributed by atoms with E-state index in [4.69, 9.17) is 0 Å². The van der Waals surface area contributed by atoms with Gasteiger partial charge in [0.05, 0.1) is 12.2 Å². The highest BCUT2D eigenvalue weighted by Gasteiger charge is 2.63. The summed E-state index contributed by atoms with van der Waals surface area (Å²) in [6.07, 6.45) is 13.7. The minimum absolute atomic E-state index is 0.0274. The Hall–Kier alpha value is -1.12. The van der Waals surface area contributed by atoms with Crippen LogP contribution in [0.1, 0.15) is 103 Å². The first-order valence-corrected chi connectivity index (χ1v) is 13.4. The average molecular weight is 471 g/mol. The van der Waals surface area contributed by atoms with Crippen LogP contribution in [0.15, 0.2) is 47.6 Å². The summed E-state index contributed by atoms with van der Waals surface area (Å²) in [6, 6.07) is 0. The van der Waals surface area contributed by atoms with Crippen molar-refractivity contribution in [3.63, 3.8) is 0 Å². The zero-order chi connectivity index (χ0) is 26.5. The molecule has 0 radical (unpaired) electrons. The first kappa shape index (κ1) is 29.1. The number of aliphatic hydroxyl groups is 2. The van der Waals surface area contributed by atoms with Gasteiger partial charge in [-0.25, -0.2) is 0 Å². The van der Waals surface area contributed by atoms with Gasteiger partial charge in [0.1, 0.15) is 0 Å². The predicted octanol–water partition coefficient (Wildman–Crippen LogP) is 8.27. The Morgan fingerprint density at radius 2 is 1.00 bits per heavy atom. The van der Waals surface area contributed by atoms with Crippen molar-refractivity contribution < 1.29 is 10.2 Å². The number of rotatable bonds is 4. The molecular formula is C32H54O2. The molecule has 0 heterocycles. The van der Waals surface area contributed by atoms with Crippen LogP contribution in [0.2, 0.25) is 0 Å². The smallest absolute Gasteiger partial charge is 0.0822 e. The van der Waals surface area contributed by atoms with Crippen molar-refractivity contribution in [1.82, 2.24) is 0 Å². The van der Waals surface area contributed by atoms with E-state index >= 15 is 0 Å². The van der Waals surface area contributed by atoms with Crippen molar-refractivity contribution in [3.05, 3.63) is 47.6 Å². The molecule has 0 fully saturated rings. The first-order valence-electron chi connectivity index (χ1n) is 13.4.